The first-order valence-electron chi connectivity index (χ1n) is 10.9. The van der Waals surface area contributed by atoms with Crippen LogP contribution in [0.5, 0.6) is 5.75 Å². The van der Waals surface area contributed by atoms with Gasteiger partial charge in [0.1, 0.15) is 5.75 Å². The summed E-state index contributed by atoms with van der Waals surface area (Å²) in [4.78, 5) is 12.4. The van der Waals surface area contributed by atoms with Crippen LogP contribution in [0.1, 0.15) is 43.2 Å². The number of carbonyl (C=O) groups excluding carboxylic acids is 1. The van der Waals surface area contributed by atoms with Gasteiger partial charge in [-0.3, -0.25) is 4.79 Å². The van der Waals surface area contributed by atoms with Crippen molar-refractivity contribution in [2.75, 3.05) is 13.7 Å². The third kappa shape index (κ3) is 8.17. The highest BCUT2D eigenvalue weighted by Crippen LogP contribution is 2.28. The average Bonchev–Trinajstić information content (AvgIpc) is 2.77. The fourth-order valence-corrected chi connectivity index (χ4v) is 4.05. The van der Waals surface area contributed by atoms with Crippen LogP contribution in [-0.2, 0) is 17.6 Å². The summed E-state index contributed by atoms with van der Waals surface area (Å²) < 4.78 is 5.24. The van der Waals surface area contributed by atoms with Gasteiger partial charge in [-0.2, -0.15) is 0 Å². The van der Waals surface area contributed by atoms with Gasteiger partial charge in [-0.1, -0.05) is 42.5 Å². The van der Waals surface area contributed by atoms with E-state index in [1.54, 1.807) is 7.11 Å². The maximum Gasteiger partial charge on any atom is 0.220 e. The van der Waals surface area contributed by atoms with Gasteiger partial charge in [0.2, 0.25) is 5.91 Å². The lowest BCUT2D eigenvalue weighted by Gasteiger charge is -2.27. The summed E-state index contributed by atoms with van der Waals surface area (Å²) in [6, 6.07) is 18.5. The quantitative estimate of drug-likeness (QED) is 0.443. The van der Waals surface area contributed by atoms with Crippen molar-refractivity contribution in [3.63, 3.8) is 0 Å². The zero-order valence-electron chi connectivity index (χ0n) is 18.1. The van der Waals surface area contributed by atoms with Gasteiger partial charge >= 0.3 is 0 Å². The summed E-state index contributed by atoms with van der Waals surface area (Å²) in [5.41, 5.74) is 20.3. The Kier molecular flexibility index (Phi) is 10.4. The number of ether oxygens (including phenoxy) is 1. The zero-order valence-corrected chi connectivity index (χ0v) is 18.1. The lowest BCUT2D eigenvalue weighted by atomic mass is 9.79. The molecule has 0 aliphatic rings. The molecule has 5 nitrogen and oxygen atoms in total. The van der Waals surface area contributed by atoms with Crippen LogP contribution in [0.15, 0.2) is 54.6 Å². The summed E-state index contributed by atoms with van der Waals surface area (Å²) in [6.45, 7) is 0.615. The van der Waals surface area contributed by atoms with E-state index in [1.807, 2.05) is 18.2 Å². The van der Waals surface area contributed by atoms with E-state index in [1.165, 1.54) is 11.1 Å². The molecule has 0 saturated carbocycles. The fraction of sp³-hybridized carbons (Fsp3) is 0.480. The number of aryl methyl sites for hydroxylation is 2. The van der Waals surface area contributed by atoms with Crippen molar-refractivity contribution in [3.05, 3.63) is 65.7 Å². The molecule has 2 aromatic carbocycles. The molecule has 164 valence electrons. The molecule has 0 spiro atoms. The van der Waals surface area contributed by atoms with Gasteiger partial charge in [0, 0.05) is 12.0 Å². The minimum atomic E-state index is -0.244. The molecule has 0 fully saturated rings. The molecule has 6 N–H and O–H groups in total. The van der Waals surface area contributed by atoms with E-state index in [9.17, 15) is 4.79 Å². The molecule has 0 heterocycles. The van der Waals surface area contributed by atoms with Crippen LogP contribution in [0.3, 0.4) is 0 Å². The number of methoxy groups -OCH3 is 1. The van der Waals surface area contributed by atoms with Crippen LogP contribution in [-0.4, -0.2) is 25.6 Å². The fourth-order valence-electron chi connectivity index (χ4n) is 4.05. The largest absolute Gasteiger partial charge is 0.497 e. The molecule has 30 heavy (non-hydrogen) atoms. The van der Waals surface area contributed by atoms with Gasteiger partial charge in [0.05, 0.1) is 7.11 Å². The molecule has 0 bridgehead atoms. The van der Waals surface area contributed by atoms with Gasteiger partial charge < -0.3 is 21.9 Å². The number of benzene rings is 2. The Morgan fingerprint density at radius 3 is 2.07 bits per heavy atom. The van der Waals surface area contributed by atoms with E-state index in [0.717, 1.165) is 44.3 Å². The van der Waals surface area contributed by atoms with Crippen LogP contribution in [0.2, 0.25) is 0 Å². The smallest absolute Gasteiger partial charge is 0.220 e. The van der Waals surface area contributed by atoms with Crippen molar-refractivity contribution in [2.24, 2.45) is 29.0 Å². The molecule has 0 aliphatic carbocycles. The molecule has 1 amide bonds. The third-order valence-electron chi connectivity index (χ3n) is 5.88. The number of carbonyl (C=O) groups is 1. The summed E-state index contributed by atoms with van der Waals surface area (Å²) in [6.07, 6.45) is 5.95. The number of amides is 1. The van der Waals surface area contributed by atoms with Crippen molar-refractivity contribution in [1.82, 2.24) is 0 Å². The van der Waals surface area contributed by atoms with Crippen molar-refractivity contribution in [3.8, 4) is 5.75 Å². The van der Waals surface area contributed by atoms with E-state index < -0.39 is 0 Å². The first-order chi connectivity index (χ1) is 14.5. The van der Waals surface area contributed by atoms with Crippen molar-refractivity contribution < 1.29 is 9.53 Å². The monoisotopic (exact) mass is 411 g/mol. The summed E-state index contributed by atoms with van der Waals surface area (Å²) in [7, 11) is 1.67. The van der Waals surface area contributed by atoms with Gasteiger partial charge in [0.15, 0.2) is 0 Å². The lowest BCUT2D eigenvalue weighted by molar-refractivity contribution is -0.124. The van der Waals surface area contributed by atoms with Crippen molar-refractivity contribution >= 4 is 5.91 Å². The summed E-state index contributed by atoms with van der Waals surface area (Å²) >= 11 is 0. The molecule has 5 heteroatoms. The zero-order chi connectivity index (χ0) is 21.8. The van der Waals surface area contributed by atoms with Crippen LogP contribution < -0.4 is 21.9 Å². The second-order valence-corrected chi connectivity index (χ2v) is 8.11. The Morgan fingerprint density at radius 2 is 1.53 bits per heavy atom. The van der Waals surface area contributed by atoms with E-state index >= 15 is 0 Å². The average molecular weight is 412 g/mol. The van der Waals surface area contributed by atoms with Crippen LogP contribution in [0.4, 0.5) is 0 Å². The topological polar surface area (TPSA) is 104 Å². The molecule has 2 rings (SSSR count). The molecule has 0 radical (unpaired) electrons. The number of rotatable bonds is 14. The highest BCUT2D eigenvalue weighted by Gasteiger charge is 2.28. The SMILES string of the molecule is COc1ccc(CCC(CCc2ccccc2)C(C[C@@H](N)CCCN)C(N)=O)cc1. The van der Waals surface area contributed by atoms with E-state index in [2.05, 4.69) is 36.4 Å². The molecule has 0 saturated heterocycles. The summed E-state index contributed by atoms with van der Waals surface area (Å²) in [5.74, 6) is 0.569. The van der Waals surface area contributed by atoms with Crippen LogP contribution in [0.25, 0.3) is 0 Å². The molecular formula is C25H37N3O2. The van der Waals surface area contributed by atoms with Crippen LogP contribution >= 0.6 is 0 Å². The normalized spacial score (nSPS) is 14.1. The van der Waals surface area contributed by atoms with Crippen molar-refractivity contribution in [1.29, 1.82) is 0 Å². The highest BCUT2D eigenvalue weighted by molar-refractivity contribution is 5.77. The van der Waals surface area contributed by atoms with Crippen molar-refractivity contribution in [2.45, 2.75) is 51.0 Å². The summed E-state index contributed by atoms with van der Waals surface area (Å²) in [5, 5.41) is 0. The first kappa shape index (κ1) is 23.9. The molecule has 0 aromatic heterocycles. The third-order valence-corrected chi connectivity index (χ3v) is 5.88. The number of nitrogens with two attached hydrogens (primary N) is 3. The van der Waals surface area contributed by atoms with Gasteiger partial charge in [0.25, 0.3) is 0 Å². The predicted molar refractivity (Wildman–Crippen MR) is 123 cm³/mol. The Morgan fingerprint density at radius 1 is 0.933 bits per heavy atom. The van der Waals surface area contributed by atoms with E-state index in [-0.39, 0.29) is 23.8 Å². The standard InChI is InChI=1S/C25H37N3O2/c1-30-23-15-11-20(12-16-23)10-14-21(13-9-19-6-3-2-4-7-19)24(25(28)29)18-22(27)8-5-17-26/h2-4,6-7,11-12,15-16,21-22,24H,5,8-10,13-14,17-18,26-27H2,1H3,(H2,28,29)/t21?,22-,24?/m0/s1. The second-order valence-electron chi connectivity index (χ2n) is 8.11. The Labute approximate surface area is 181 Å². The number of hydrogen-bond donors (Lipinski definition) is 3. The predicted octanol–water partition coefficient (Wildman–Crippen LogP) is 3.43. The van der Waals surface area contributed by atoms with E-state index in [4.69, 9.17) is 21.9 Å². The Hall–Kier alpha value is -2.37. The van der Waals surface area contributed by atoms with Gasteiger partial charge in [-0.05, 0) is 80.7 Å². The minimum Gasteiger partial charge on any atom is -0.497 e. The Bertz CT molecular complexity index is 734. The lowest BCUT2D eigenvalue weighted by Crippen LogP contribution is -2.36. The molecule has 3 atom stereocenters. The minimum absolute atomic E-state index is 0.0498. The number of hydrogen-bond acceptors (Lipinski definition) is 4. The highest BCUT2D eigenvalue weighted by atomic mass is 16.5. The van der Waals surface area contributed by atoms with Gasteiger partial charge in [-0.15, -0.1) is 0 Å². The molecule has 2 unspecified atom stereocenters. The Balaban J connectivity index is 2.08. The van der Waals surface area contributed by atoms with Gasteiger partial charge in [-0.25, -0.2) is 0 Å². The number of primary amides is 1. The van der Waals surface area contributed by atoms with E-state index in [0.29, 0.717) is 13.0 Å². The molecular weight excluding hydrogens is 374 g/mol. The molecule has 0 aliphatic heterocycles. The molecule has 2 aromatic rings. The second kappa shape index (κ2) is 13.0. The maximum absolute atomic E-state index is 12.4. The maximum atomic E-state index is 12.4. The van der Waals surface area contributed by atoms with Crippen LogP contribution in [0, 0.1) is 11.8 Å². The first-order valence-corrected chi connectivity index (χ1v) is 10.9.